The minimum absolute atomic E-state index is 0.0811. The SMILES string of the molecule is CCCCCCC\C=C/C=C\C=C/CCCCCCCC(=O)OCC(COC(=O)CCCCCCCCCCCC)OC(=O)CCCCCCC/C=C\CCCCCCCCC. The van der Waals surface area contributed by atoms with Gasteiger partial charge >= 0.3 is 17.9 Å². The van der Waals surface area contributed by atoms with Crippen LogP contribution in [0.5, 0.6) is 0 Å². The van der Waals surface area contributed by atoms with E-state index in [0.717, 1.165) is 89.9 Å². The first kappa shape index (κ1) is 59.4. The van der Waals surface area contributed by atoms with Crippen molar-refractivity contribution in [2.24, 2.45) is 0 Å². The Labute approximate surface area is 384 Å². The summed E-state index contributed by atoms with van der Waals surface area (Å²) in [6.45, 7) is 6.60. The van der Waals surface area contributed by atoms with Crippen molar-refractivity contribution in [3.8, 4) is 0 Å². The van der Waals surface area contributed by atoms with Gasteiger partial charge in [0, 0.05) is 19.3 Å². The van der Waals surface area contributed by atoms with Gasteiger partial charge in [0.25, 0.3) is 0 Å². The molecule has 0 rings (SSSR count). The molecule has 0 fully saturated rings. The highest BCUT2D eigenvalue weighted by Gasteiger charge is 2.19. The average Bonchev–Trinajstić information content (AvgIpc) is 3.27. The monoisotopic (exact) mass is 869 g/mol. The zero-order valence-electron chi connectivity index (χ0n) is 41.1. The van der Waals surface area contributed by atoms with Gasteiger partial charge in [-0.05, 0) is 70.6 Å². The van der Waals surface area contributed by atoms with Gasteiger partial charge in [0.2, 0.25) is 0 Å². The molecule has 0 radical (unpaired) electrons. The standard InChI is InChI=1S/C56H100O6/c1-4-7-10-13-16-19-22-24-26-28-29-31-32-34-37-40-43-46-49-55(58)61-52-53(51-60-54(57)48-45-42-39-36-21-18-15-12-9-6-3)62-56(59)50-47-44-41-38-35-33-30-27-25-23-20-17-14-11-8-5-2/h22,24,26-31,53H,4-21,23,25,32-52H2,1-3H3/b24-22-,28-26-,30-27-,31-29-. The number of hydrogen-bond acceptors (Lipinski definition) is 6. The molecule has 360 valence electrons. The lowest BCUT2D eigenvalue weighted by molar-refractivity contribution is -0.167. The fraction of sp³-hybridized carbons (Fsp3) is 0.804. The van der Waals surface area contributed by atoms with Gasteiger partial charge in [-0.25, -0.2) is 0 Å². The van der Waals surface area contributed by atoms with E-state index in [0.29, 0.717) is 19.3 Å². The van der Waals surface area contributed by atoms with Crippen molar-refractivity contribution in [3.05, 3.63) is 48.6 Å². The van der Waals surface area contributed by atoms with Crippen LogP contribution >= 0.6 is 0 Å². The second-order valence-corrected chi connectivity index (χ2v) is 17.8. The zero-order valence-corrected chi connectivity index (χ0v) is 41.1. The molecule has 0 heterocycles. The number of carbonyl (C=O) groups excluding carboxylic acids is 3. The molecule has 0 amide bonds. The van der Waals surface area contributed by atoms with Gasteiger partial charge in [0.15, 0.2) is 6.10 Å². The molecule has 0 saturated carbocycles. The Hall–Kier alpha value is -2.63. The molecule has 0 spiro atoms. The van der Waals surface area contributed by atoms with E-state index in [4.69, 9.17) is 14.2 Å². The quantitative estimate of drug-likeness (QED) is 0.0199. The molecule has 0 aliphatic heterocycles. The molecule has 6 heteroatoms. The van der Waals surface area contributed by atoms with Crippen molar-refractivity contribution in [1.29, 1.82) is 0 Å². The smallest absolute Gasteiger partial charge is 0.306 e. The van der Waals surface area contributed by atoms with E-state index in [1.54, 1.807) is 0 Å². The van der Waals surface area contributed by atoms with E-state index in [1.807, 2.05) is 0 Å². The molecule has 0 aromatic carbocycles. The summed E-state index contributed by atoms with van der Waals surface area (Å²) in [6, 6.07) is 0. The Kier molecular flexibility index (Phi) is 48.8. The van der Waals surface area contributed by atoms with Crippen molar-refractivity contribution in [1.82, 2.24) is 0 Å². The molecule has 62 heavy (non-hydrogen) atoms. The fourth-order valence-corrected chi connectivity index (χ4v) is 7.56. The largest absolute Gasteiger partial charge is 0.462 e. The summed E-state index contributed by atoms with van der Waals surface area (Å²) in [5.41, 5.74) is 0. The zero-order chi connectivity index (χ0) is 45.1. The van der Waals surface area contributed by atoms with Crippen LogP contribution in [-0.4, -0.2) is 37.2 Å². The summed E-state index contributed by atoms with van der Waals surface area (Å²) in [5.74, 6) is -0.903. The van der Waals surface area contributed by atoms with Crippen molar-refractivity contribution in [3.63, 3.8) is 0 Å². The number of ether oxygens (including phenoxy) is 3. The normalized spacial score (nSPS) is 12.4. The van der Waals surface area contributed by atoms with Crippen LogP contribution in [0, 0.1) is 0 Å². The van der Waals surface area contributed by atoms with Crippen molar-refractivity contribution in [2.75, 3.05) is 13.2 Å². The predicted molar refractivity (Wildman–Crippen MR) is 265 cm³/mol. The van der Waals surface area contributed by atoms with Gasteiger partial charge in [-0.1, -0.05) is 230 Å². The Morgan fingerprint density at radius 1 is 0.323 bits per heavy atom. The average molecular weight is 869 g/mol. The predicted octanol–water partition coefficient (Wildman–Crippen LogP) is 17.5. The third-order valence-electron chi connectivity index (χ3n) is 11.6. The van der Waals surface area contributed by atoms with E-state index >= 15 is 0 Å². The third kappa shape index (κ3) is 48.4. The van der Waals surface area contributed by atoms with E-state index in [-0.39, 0.29) is 31.1 Å². The topological polar surface area (TPSA) is 78.9 Å². The molecule has 0 bridgehead atoms. The van der Waals surface area contributed by atoms with Crippen molar-refractivity contribution in [2.45, 2.75) is 277 Å². The Balaban J connectivity index is 4.38. The summed E-state index contributed by atoms with van der Waals surface area (Å²) < 4.78 is 16.8. The van der Waals surface area contributed by atoms with Crippen LogP contribution in [0.2, 0.25) is 0 Å². The van der Waals surface area contributed by atoms with Gasteiger partial charge in [0.1, 0.15) is 13.2 Å². The maximum atomic E-state index is 12.8. The van der Waals surface area contributed by atoms with Crippen LogP contribution in [0.1, 0.15) is 271 Å². The minimum Gasteiger partial charge on any atom is -0.462 e. The first-order valence-corrected chi connectivity index (χ1v) is 26.7. The molecule has 0 saturated heterocycles. The van der Waals surface area contributed by atoms with Crippen LogP contribution in [0.25, 0.3) is 0 Å². The molecule has 1 unspecified atom stereocenters. The number of unbranched alkanes of at least 4 members (excludes halogenated alkanes) is 31. The van der Waals surface area contributed by atoms with Gasteiger partial charge in [0.05, 0.1) is 0 Å². The van der Waals surface area contributed by atoms with Gasteiger partial charge < -0.3 is 14.2 Å². The Morgan fingerprint density at radius 2 is 0.597 bits per heavy atom. The van der Waals surface area contributed by atoms with Gasteiger partial charge in [-0.3, -0.25) is 14.4 Å². The number of rotatable bonds is 48. The number of allylic oxidation sites excluding steroid dienone is 8. The summed E-state index contributed by atoms with van der Waals surface area (Å²) in [6.07, 6.45) is 60.9. The second kappa shape index (κ2) is 51.0. The number of esters is 3. The highest BCUT2D eigenvalue weighted by atomic mass is 16.6. The van der Waals surface area contributed by atoms with Crippen LogP contribution < -0.4 is 0 Å². The van der Waals surface area contributed by atoms with Crippen LogP contribution in [0.15, 0.2) is 48.6 Å². The third-order valence-corrected chi connectivity index (χ3v) is 11.6. The summed E-state index contributed by atoms with van der Waals surface area (Å²) in [5, 5.41) is 0. The molecule has 0 aliphatic carbocycles. The Morgan fingerprint density at radius 3 is 0.935 bits per heavy atom. The Bertz CT molecular complexity index is 1090. The molecular formula is C56H100O6. The molecular weight excluding hydrogens is 769 g/mol. The maximum Gasteiger partial charge on any atom is 0.306 e. The molecule has 6 nitrogen and oxygen atoms in total. The second-order valence-electron chi connectivity index (χ2n) is 17.8. The summed E-state index contributed by atoms with van der Waals surface area (Å²) in [4.78, 5) is 37.9. The minimum atomic E-state index is -0.782. The summed E-state index contributed by atoms with van der Waals surface area (Å²) in [7, 11) is 0. The van der Waals surface area contributed by atoms with Gasteiger partial charge in [-0.2, -0.15) is 0 Å². The fourth-order valence-electron chi connectivity index (χ4n) is 7.56. The number of carbonyl (C=O) groups is 3. The van der Waals surface area contributed by atoms with E-state index in [9.17, 15) is 14.4 Å². The highest BCUT2D eigenvalue weighted by molar-refractivity contribution is 5.71. The number of hydrogen-bond donors (Lipinski definition) is 0. The lowest BCUT2D eigenvalue weighted by atomic mass is 10.1. The molecule has 0 aromatic rings. The summed E-state index contributed by atoms with van der Waals surface area (Å²) >= 11 is 0. The maximum absolute atomic E-state index is 12.8. The van der Waals surface area contributed by atoms with Crippen LogP contribution in [0.3, 0.4) is 0 Å². The van der Waals surface area contributed by atoms with Crippen LogP contribution in [0.4, 0.5) is 0 Å². The van der Waals surface area contributed by atoms with Crippen LogP contribution in [-0.2, 0) is 28.6 Å². The van der Waals surface area contributed by atoms with Gasteiger partial charge in [-0.15, -0.1) is 0 Å². The van der Waals surface area contributed by atoms with Crippen molar-refractivity contribution < 1.29 is 28.6 Å². The lowest BCUT2D eigenvalue weighted by Gasteiger charge is -2.18. The lowest BCUT2D eigenvalue weighted by Crippen LogP contribution is -2.30. The highest BCUT2D eigenvalue weighted by Crippen LogP contribution is 2.15. The van der Waals surface area contributed by atoms with Crippen molar-refractivity contribution >= 4 is 17.9 Å². The molecule has 0 aromatic heterocycles. The first-order chi connectivity index (χ1) is 30.5. The molecule has 1 atom stereocenters. The van der Waals surface area contributed by atoms with E-state index in [1.165, 1.54) is 141 Å². The van der Waals surface area contributed by atoms with E-state index in [2.05, 4.69) is 69.4 Å². The van der Waals surface area contributed by atoms with E-state index < -0.39 is 6.10 Å². The molecule has 0 N–H and O–H groups in total. The first-order valence-electron chi connectivity index (χ1n) is 26.7. The molecule has 0 aliphatic rings.